The monoisotopic (exact) mass is 353 g/mol. The van der Waals surface area contributed by atoms with Gasteiger partial charge in [0.15, 0.2) is 0 Å². The van der Waals surface area contributed by atoms with E-state index in [1.807, 2.05) is 12.3 Å². The van der Waals surface area contributed by atoms with Crippen LogP contribution in [0.25, 0.3) is 10.9 Å². The number of aliphatic imine (C=N–C) groups is 1. The highest BCUT2D eigenvalue weighted by Crippen LogP contribution is 2.35. The Kier molecular flexibility index (Phi) is 4.09. The first-order valence-corrected chi connectivity index (χ1v) is 9.44. The van der Waals surface area contributed by atoms with Gasteiger partial charge in [-0.15, -0.1) is 0 Å². The Morgan fingerprint density at radius 3 is 2.92 bits per heavy atom. The molecule has 2 aromatic rings. The van der Waals surface area contributed by atoms with Gasteiger partial charge in [-0.1, -0.05) is 6.08 Å². The third-order valence-electron chi connectivity index (χ3n) is 5.44. The quantitative estimate of drug-likeness (QED) is 0.918. The molecule has 3 aliphatic rings. The summed E-state index contributed by atoms with van der Waals surface area (Å²) in [6.07, 6.45) is 9.94. The predicted octanol–water partition coefficient (Wildman–Crippen LogP) is 2.62. The second kappa shape index (κ2) is 6.72. The number of aromatic amines is 1. The minimum atomic E-state index is 0.157. The van der Waals surface area contributed by atoms with Crippen LogP contribution in [0.3, 0.4) is 0 Å². The van der Waals surface area contributed by atoms with Crippen molar-refractivity contribution >= 4 is 16.7 Å². The maximum absolute atomic E-state index is 6.25. The number of fused-ring (bicyclic) bond motifs is 1. The average Bonchev–Trinajstić information content (AvgIpc) is 3.07. The number of aromatic nitrogens is 3. The van der Waals surface area contributed by atoms with E-state index >= 15 is 0 Å². The molecule has 0 saturated carbocycles. The summed E-state index contributed by atoms with van der Waals surface area (Å²) in [5.41, 5.74) is 1.97. The lowest BCUT2D eigenvalue weighted by Gasteiger charge is -2.35. The summed E-state index contributed by atoms with van der Waals surface area (Å²) in [5.74, 6) is 2.07. The number of ether oxygens (including phenoxy) is 2. The minimum Gasteiger partial charge on any atom is -0.474 e. The van der Waals surface area contributed by atoms with Crippen LogP contribution < -0.4 is 4.74 Å². The lowest BCUT2D eigenvalue weighted by Crippen LogP contribution is -2.43. The molecule has 1 unspecified atom stereocenters. The lowest BCUT2D eigenvalue weighted by molar-refractivity contribution is 0.0244. The number of amidine groups is 1. The summed E-state index contributed by atoms with van der Waals surface area (Å²) >= 11 is 0. The van der Waals surface area contributed by atoms with Gasteiger partial charge in [-0.3, -0.25) is 5.10 Å². The molecule has 0 spiro atoms. The van der Waals surface area contributed by atoms with Gasteiger partial charge in [0.2, 0.25) is 5.88 Å². The van der Waals surface area contributed by atoms with Crippen molar-refractivity contribution in [2.75, 3.05) is 26.3 Å². The molecule has 2 fully saturated rings. The number of pyridine rings is 1. The first kappa shape index (κ1) is 15.8. The highest BCUT2D eigenvalue weighted by atomic mass is 16.5. The third-order valence-corrected chi connectivity index (χ3v) is 5.44. The van der Waals surface area contributed by atoms with E-state index in [4.69, 9.17) is 9.47 Å². The van der Waals surface area contributed by atoms with Crippen LogP contribution in [-0.2, 0) is 4.74 Å². The second-order valence-corrected chi connectivity index (χ2v) is 7.12. The Morgan fingerprint density at radius 2 is 2.12 bits per heavy atom. The number of H-pyrrole nitrogens is 1. The normalized spacial score (nSPS) is 23.8. The van der Waals surface area contributed by atoms with E-state index in [-0.39, 0.29) is 12.0 Å². The molecular formula is C19H23N5O2. The van der Waals surface area contributed by atoms with Crippen molar-refractivity contribution in [2.45, 2.75) is 37.7 Å². The van der Waals surface area contributed by atoms with Gasteiger partial charge in [-0.25, -0.2) is 9.98 Å². The van der Waals surface area contributed by atoms with E-state index in [1.165, 1.54) is 12.3 Å². The topological polar surface area (TPSA) is 75.6 Å². The van der Waals surface area contributed by atoms with Crippen LogP contribution in [0.15, 0.2) is 29.5 Å². The molecule has 2 saturated heterocycles. The maximum Gasteiger partial charge on any atom is 0.225 e. The molecule has 26 heavy (non-hydrogen) atoms. The number of hydrogen-bond donors (Lipinski definition) is 1. The number of nitrogens with zero attached hydrogens (tertiary/aromatic N) is 4. The van der Waals surface area contributed by atoms with Gasteiger partial charge < -0.3 is 14.4 Å². The van der Waals surface area contributed by atoms with Crippen molar-refractivity contribution in [3.05, 3.63) is 30.2 Å². The molecule has 5 rings (SSSR count). The average molecular weight is 353 g/mol. The second-order valence-electron chi connectivity index (χ2n) is 7.12. The van der Waals surface area contributed by atoms with Crippen LogP contribution in [0.1, 0.15) is 37.3 Å². The summed E-state index contributed by atoms with van der Waals surface area (Å²) in [5, 5.41) is 8.73. The zero-order valence-electron chi connectivity index (χ0n) is 14.7. The number of likely N-dealkylation sites (tertiary alicyclic amines) is 1. The fraction of sp³-hybridized carbons (Fsp3) is 0.526. The smallest absolute Gasteiger partial charge is 0.225 e. The summed E-state index contributed by atoms with van der Waals surface area (Å²) < 4.78 is 11.7. The standard InChI is InChI=1S/C19H23N5O2/c1-8-24(9-1)16-12-13(2-6-20-16)18-17-15(22-23-18)3-7-21-19(17)26-14-4-10-25-11-5-14/h2-3,6-7,13-14H,1,4-5,8-12H2,(H,22,23). The molecule has 0 bridgehead atoms. The number of rotatable bonds is 3. The van der Waals surface area contributed by atoms with Crippen molar-refractivity contribution in [2.24, 2.45) is 4.99 Å². The van der Waals surface area contributed by atoms with Crippen LogP contribution in [0.2, 0.25) is 0 Å². The summed E-state index contributed by atoms with van der Waals surface area (Å²) in [6.45, 7) is 3.73. The number of hydrogen-bond acceptors (Lipinski definition) is 6. The number of allylic oxidation sites excluding steroid dienone is 1. The van der Waals surface area contributed by atoms with Gasteiger partial charge in [-0.05, 0) is 12.5 Å². The SMILES string of the molecule is C1=CC(c2[nH]nc3ccnc(OC4CCOCC4)c23)CC(N2CCC2)=N1. The molecule has 0 amide bonds. The Balaban J connectivity index is 1.44. The molecule has 7 nitrogen and oxygen atoms in total. The van der Waals surface area contributed by atoms with Crippen molar-refractivity contribution in [1.29, 1.82) is 0 Å². The van der Waals surface area contributed by atoms with Crippen molar-refractivity contribution in [1.82, 2.24) is 20.1 Å². The predicted molar refractivity (Wildman–Crippen MR) is 98.5 cm³/mol. The van der Waals surface area contributed by atoms with Crippen molar-refractivity contribution < 1.29 is 9.47 Å². The summed E-state index contributed by atoms with van der Waals surface area (Å²) in [7, 11) is 0. The molecule has 0 aliphatic carbocycles. The van der Waals surface area contributed by atoms with Crippen LogP contribution in [0, 0.1) is 0 Å². The van der Waals surface area contributed by atoms with Crippen molar-refractivity contribution in [3.8, 4) is 5.88 Å². The van der Waals surface area contributed by atoms with Gasteiger partial charge in [-0.2, -0.15) is 5.10 Å². The maximum atomic E-state index is 6.25. The molecule has 0 radical (unpaired) electrons. The minimum absolute atomic E-state index is 0.157. The van der Waals surface area contributed by atoms with E-state index < -0.39 is 0 Å². The van der Waals surface area contributed by atoms with Crippen LogP contribution in [0.5, 0.6) is 5.88 Å². The molecular weight excluding hydrogens is 330 g/mol. The fourth-order valence-corrected chi connectivity index (χ4v) is 3.80. The van der Waals surface area contributed by atoms with Gasteiger partial charge in [0, 0.05) is 50.7 Å². The largest absolute Gasteiger partial charge is 0.474 e. The van der Waals surface area contributed by atoms with E-state index in [0.717, 1.165) is 62.2 Å². The lowest BCUT2D eigenvalue weighted by atomic mass is 9.95. The van der Waals surface area contributed by atoms with E-state index in [9.17, 15) is 0 Å². The third kappa shape index (κ3) is 2.86. The van der Waals surface area contributed by atoms with Crippen LogP contribution in [0.4, 0.5) is 0 Å². The zero-order chi connectivity index (χ0) is 17.3. The van der Waals surface area contributed by atoms with E-state index in [0.29, 0.717) is 5.88 Å². The van der Waals surface area contributed by atoms with Crippen LogP contribution in [-0.4, -0.2) is 58.3 Å². The molecule has 0 aromatic carbocycles. The molecule has 7 heteroatoms. The number of nitrogens with one attached hydrogen (secondary N) is 1. The highest BCUT2D eigenvalue weighted by Gasteiger charge is 2.27. The molecule has 3 aliphatic heterocycles. The highest BCUT2D eigenvalue weighted by molar-refractivity contribution is 5.89. The Labute approximate surface area is 152 Å². The van der Waals surface area contributed by atoms with Gasteiger partial charge in [0.1, 0.15) is 11.9 Å². The summed E-state index contributed by atoms with van der Waals surface area (Å²) in [4.78, 5) is 11.5. The fourth-order valence-electron chi connectivity index (χ4n) is 3.80. The first-order valence-electron chi connectivity index (χ1n) is 9.44. The van der Waals surface area contributed by atoms with E-state index in [1.54, 1.807) is 6.20 Å². The Morgan fingerprint density at radius 1 is 1.23 bits per heavy atom. The first-order chi connectivity index (χ1) is 12.9. The van der Waals surface area contributed by atoms with Gasteiger partial charge in [0.25, 0.3) is 0 Å². The van der Waals surface area contributed by atoms with Crippen LogP contribution >= 0.6 is 0 Å². The van der Waals surface area contributed by atoms with Crippen molar-refractivity contribution in [3.63, 3.8) is 0 Å². The molecule has 1 N–H and O–H groups in total. The zero-order valence-corrected chi connectivity index (χ0v) is 14.7. The molecule has 5 heterocycles. The molecule has 136 valence electrons. The summed E-state index contributed by atoms with van der Waals surface area (Å²) in [6, 6.07) is 1.93. The van der Waals surface area contributed by atoms with E-state index in [2.05, 4.69) is 31.1 Å². The van der Waals surface area contributed by atoms with Gasteiger partial charge in [0.05, 0.1) is 29.8 Å². The Bertz CT molecular complexity index is 849. The molecule has 1 atom stereocenters. The van der Waals surface area contributed by atoms with Gasteiger partial charge >= 0.3 is 0 Å². The Hall–Kier alpha value is -2.41. The molecule has 2 aromatic heterocycles.